The van der Waals surface area contributed by atoms with Crippen molar-refractivity contribution in [3.05, 3.63) is 98.6 Å². The molecule has 212 valence electrons. The number of fused-ring (bicyclic) bond motifs is 1. The van der Waals surface area contributed by atoms with Crippen molar-refractivity contribution in [2.24, 2.45) is 0 Å². The van der Waals surface area contributed by atoms with Crippen molar-refractivity contribution in [3.63, 3.8) is 0 Å². The highest BCUT2D eigenvalue weighted by molar-refractivity contribution is 9.10. The van der Waals surface area contributed by atoms with Crippen LogP contribution in [0.4, 0.5) is 11.6 Å². The number of carbonyl (C=O) groups excluding carboxylic acids is 1. The number of hydrogen-bond donors (Lipinski definition) is 2. The number of hydrogen-bond acceptors (Lipinski definition) is 7. The van der Waals surface area contributed by atoms with Gasteiger partial charge in [-0.2, -0.15) is 4.98 Å². The Morgan fingerprint density at radius 3 is 2.59 bits per heavy atom. The minimum absolute atomic E-state index is 0.291. The molecule has 1 aliphatic heterocycles. The Morgan fingerprint density at radius 1 is 1.07 bits per heavy atom. The Labute approximate surface area is 256 Å². The molecule has 1 atom stereocenters. The van der Waals surface area contributed by atoms with Gasteiger partial charge in [-0.05, 0) is 62.7 Å². The molecule has 0 spiro atoms. The Hall–Kier alpha value is -3.47. The number of aromatic nitrogens is 3. The van der Waals surface area contributed by atoms with Crippen LogP contribution in [0.2, 0.25) is 5.02 Å². The van der Waals surface area contributed by atoms with Crippen LogP contribution in [0.1, 0.15) is 37.9 Å². The summed E-state index contributed by atoms with van der Waals surface area (Å²) in [6, 6.07) is 20.2. The third-order valence-electron chi connectivity index (χ3n) is 6.39. The lowest BCUT2D eigenvalue weighted by atomic mass is 9.94. The van der Waals surface area contributed by atoms with Crippen LogP contribution in [0, 0.1) is 0 Å². The summed E-state index contributed by atoms with van der Waals surface area (Å²) in [5.74, 6) is 2.09. The third-order valence-corrected chi connectivity index (χ3v) is 8.14. The molecule has 2 heterocycles. The highest BCUT2D eigenvalue weighted by Crippen LogP contribution is 2.42. The van der Waals surface area contributed by atoms with Crippen LogP contribution in [-0.4, -0.2) is 33.9 Å². The summed E-state index contributed by atoms with van der Waals surface area (Å²) in [6.07, 6.45) is 0. The van der Waals surface area contributed by atoms with E-state index in [0.29, 0.717) is 63.6 Å². The first-order chi connectivity index (χ1) is 19.9. The van der Waals surface area contributed by atoms with Crippen molar-refractivity contribution in [2.75, 3.05) is 23.8 Å². The Kier molecular flexibility index (Phi) is 9.22. The van der Waals surface area contributed by atoms with Gasteiger partial charge in [0.1, 0.15) is 17.5 Å². The standard InChI is InChI=1S/C30H29BrClN5O3S/c1-4-39-24-15-14-20(31)16-21(24)27-26(28(38)34-23-12-8-9-13-25(23)40-5-2)18(3)33-29-35-30(36-37(27)29)41-17-19-10-6-7-11-22(19)32/h6-16,27H,4-5,17H2,1-3H3,(H,34,38)(H,33,35,36). The van der Waals surface area contributed by atoms with E-state index in [4.69, 9.17) is 31.2 Å². The molecule has 1 aromatic heterocycles. The number of nitrogens with one attached hydrogen (secondary N) is 2. The summed E-state index contributed by atoms with van der Waals surface area (Å²) in [6.45, 7) is 6.64. The second kappa shape index (κ2) is 13.0. The lowest BCUT2D eigenvalue weighted by molar-refractivity contribution is -0.113. The van der Waals surface area contributed by atoms with Crippen molar-refractivity contribution in [2.45, 2.75) is 37.7 Å². The van der Waals surface area contributed by atoms with E-state index in [1.54, 1.807) is 4.68 Å². The summed E-state index contributed by atoms with van der Waals surface area (Å²) in [5.41, 5.74) is 3.49. The van der Waals surface area contributed by atoms with Crippen LogP contribution in [0.5, 0.6) is 11.5 Å². The van der Waals surface area contributed by atoms with E-state index in [1.165, 1.54) is 11.8 Å². The van der Waals surface area contributed by atoms with Crippen LogP contribution < -0.4 is 20.1 Å². The van der Waals surface area contributed by atoms with Gasteiger partial charge in [0.15, 0.2) is 0 Å². The predicted octanol–water partition coefficient (Wildman–Crippen LogP) is 7.71. The zero-order valence-electron chi connectivity index (χ0n) is 22.8. The lowest BCUT2D eigenvalue weighted by Crippen LogP contribution is -2.32. The van der Waals surface area contributed by atoms with Crippen LogP contribution in [0.25, 0.3) is 0 Å². The van der Waals surface area contributed by atoms with Gasteiger partial charge in [-0.3, -0.25) is 4.79 Å². The van der Waals surface area contributed by atoms with Gasteiger partial charge in [0, 0.05) is 26.5 Å². The largest absolute Gasteiger partial charge is 0.494 e. The smallest absolute Gasteiger partial charge is 0.255 e. The number of benzene rings is 3. The van der Waals surface area contributed by atoms with Gasteiger partial charge >= 0.3 is 0 Å². The number of amides is 1. The molecule has 0 radical (unpaired) electrons. The number of rotatable bonds is 10. The Morgan fingerprint density at radius 2 is 1.80 bits per heavy atom. The highest BCUT2D eigenvalue weighted by Gasteiger charge is 2.36. The molecule has 41 heavy (non-hydrogen) atoms. The van der Waals surface area contributed by atoms with Crippen molar-refractivity contribution < 1.29 is 14.3 Å². The normalized spacial score (nSPS) is 14.3. The molecule has 0 aliphatic carbocycles. The van der Waals surface area contributed by atoms with Crippen LogP contribution in [0.3, 0.4) is 0 Å². The summed E-state index contributed by atoms with van der Waals surface area (Å²) in [5, 5.41) is 12.5. The van der Waals surface area contributed by atoms with Crippen molar-refractivity contribution in [3.8, 4) is 11.5 Å². The lowest BCUT2D eigenvalue weighted by Gasteiger charge is -2.30. The van der Waals surface area contributed by atoms with Gasteiger partial charge in [0.2, 0.25) is 11.1 Å². The molecular weight excluding hydrogens is 626 g/mol. The van der Waals surface area contributed by atoms with Gasteiger partial charge in [-0.1, -0.05) is 69.6 Å². The molecule has 0 fully saturated rings. The number of ether oxygens (including phenoxy) is 2. The second-order valence-electron chi connectivity index (χ2n) is 9.11. The maximum atomic E-state index is 14.0. The van der Waals surface area contributed by atoms with E-state index in [-0.39, 0.29) is 5.91 Å². The number of anilines is 2. The zero-order chi connectivity index (χ0) is 28.9. The number of halogens is 2. The molecule has 2 N–H and O–H groups in total. The molecular formula is C30H29BrClN5O3S. The molecule has 0 bridgehead atoms. The van der Waals surface area contributed by atoms with Gasteiger partial charge in [0.25, 0.3) is 5.91 Å². The number of thioether (sulfide) groups is 1. The van der Waals surface area contributed by atoms with E-state index in [0.717, 1.165) is 15.6 Å². The fourth-order valence-electron chi connectivity index (χ4n) is 4.59. The van der Waals surface area contributed by atoms with Crippen LogP contribution in [-0.2, 0) is 10.5 Å². The minimum atomic E-state index is -0.619. The summed E-state index contributed by atoms with van der Waals surface area (Å²) < 4.78 is 14.4. The van der Waals surface area contributed by atoms with E-state index in [9.17, 15) is 4.79 Å². The first-order valence-electron chi connectivity index (χ1n) is 13.2. The van der Waals surface area contributed by atoms with Gasteiger partial charge in [0.05, 0.1) is 24.5 Å². The number of carbonyl (C=O) groups is 1. The monoisotopic (exact) mass is 653 g/mol. The van der Waals surface area contributed by atoms with Gasteiger partial charge < -0.3 is 20.1 Å². The molecule has 1 amide bonds. The fraction of sp³-hybridized carbons (Fsp3) is 0.233. The van der Waals surface area contributed by atoms with E-state index in [2.05, 4.69) is 26.6 Å². The van der Waals surface area contributed by atoms with Crippen LogP contribution in [0.15, 0.2) is 87.6 Å². The predicted molar refractivity (Wildman–Crippen MR) is 167 cm³/mol. The number of nitrogens with zero attached hydrogens (tertiary/aromatic N) is 3. The average Bonchev–Trinajstić information content (AvgIpc) is 3.36. The van der Waals surface area contributed by atoms with E-state index in [1.807, 2.05) is 87.5 Å². The number of para-hydroxylation sites is 2. The highest BCUT2D eigenvalue weighted by atomic mass is 79.9. The van der Waals surface area contributed by atoms with Gasteiger partial charge in [-0.15, -0.1) is 5.10 Å². The Bertz CT molecular complexity index is 1610. The first kappa shape index (κ1) is 29.0. The summed E-state index contributed by atoms with van der Waals surface area (Å²) in [7, 11) is 0. The quantitative estimate of drug-likeness (QED) is 0.169. The first-order valence-corrected chi connectivity index (χ1v) is 15.3. The average molecular weight is 655 g/mol. The van der Waals surface area contributed by atoms with Crippen molar-refractivity contribution in [1.29, 1.82) is 0 Å². The second-order valence-corrected chi connectivity index (χ2v) is 11.4. The molecule has 1 unspecified atom stereocenters. The third kappa shape index (κ3) is 6.39. The molecule has 0 saturated carbocycles. The summed E-state index contributed by atoms with van der Waals surface area (Å²) in [4.78, 5) is 18.8. The molecule has 11 heteroatoms. The van der Waals surface area contributed by atoms with E-state index >= 15 is 0 Å². The Balaban J connectivity index is 1.56. The molecule has 4 aromatic rings. The topological polar surface area (TPSA) is 90.3 Å². The number of allylic oxidation sites excluding steroid dienone is 1. The van der Waals surface area contributed by atoms with Crippen molar-refractivity contribution >= 4 is 56.8 Å². The van der Waals surface area contributed by atoms with Crippen LogP contribution >= 0.6 is 39.3 Å². The van der Waals surface area contributed by atoms with Crippen molar-refractivity contribution in [1.82, 2.24) is 14.8 Å². The minimum Gasteiger partial charge on any atom is -0.494 e. The van der Waals surface area contributed by atoms with Gasteiger partial charge in [-0.25, -0.2) is 4.68 Å². The molecule has 8 nitrogen and oxygen atoms in total. The SMILES string of the molecule is CCOc1ccccc1NC(=O)C1=C(C)Nc2nc(SCc3ccccc3Cl)nn2C1c1cc(Br)ccc1OCC. The molecule has 1 aliphatic rings. The van der Waals surface area contributed by atoms with E-state index < -0.39 is 6.04 Å². The maximum absolute atomic E-state index is 14.0. The summed E-state index contributed by atoms with van der Waals surface area (Å²) >= 11 is 11.5. The molecule has 0 saturated heterocycles. The molecule has 3 aromatic carbocycles. The maximum Gasteiger partial charge on any atom is 0.255 e. The fourth-order valence-corrected chi connectivity index (χ4v) is 6.09. The molecule has 5 rings (SSSR count). The zero-order valence-corrected chi connectivity index (χ0v) is 25.9.